The molecule has 0 aliphatic carbocycles. The predicted molar refractivity (Wildman–Crippen MR) is 104 cm³/mol. The highest BCUT2D eigenvalue weighted by atomic mass is 32.2. The van der Waals surface area contributed by atoms with Gasteiger partial charge in [-0.2, -0.15) is 0 Å². The highest BCUT2D eigenvalue weighted by molar-refractivity contribution is 7.92. The number of aryl methyl sites for hydroxylation is 1. The monoisotopic (exact) mass is 377 g/mol. The molecule has 0 atom stereocenters. The highest BCUT2D eigenvalue weighted by Gasteiger charge is 2.40. The Morgan fingerprint density at radius 1 is 1.38 bits per heavy atom. The maximum Gasteiger partial charge on any atom is 0.194 e. The lowest BCUT2D eigenvalue weighted by atomic mass is 10.2. The zero-order chi connectivity index (χ0) is 18.9. The number of nitrogens with one attached hydrogen (secondary N) is 1. The Balaban J connectivity index is 1.82. The second kappa shape index (κ2) is 6.90. The van der Waals surface area contributed by atoms with Gasteiger partial charge in [-0.05, 0) is 39.8 Å². The first kappa shape index (κ1) is 18.7. The van der Waals surface area contributed by atoms with Crippen molar-refractivity contribution in [3.63, 3.8) is 0 Å². The molecule has 2 aromatic rings. The third-order valence-corrected chi connectivity index (χ3v) is 7.35. The molecule has 142 valence electrons. The SMILES string of the molecule is CCNC(=NCc1cn2c(C)cccc2n1)N1CCS(=O)(=O)C(C)(C)C1. The van der Waals surface area contributed by atoms with E-state index in [1.165, 1.54) is 0 Å². The molecule has 7 nitrogen and oxygen atoms in total. The summed E-state index contributed by atoms with van der Waals surface area (Å²) in [5, 5.41) is 3.28. The molecule has 0 amide bonds. The predicted octanol–water partition coefficient (Wildman–Crippen LogP) is 1.62. The number of aliphatic imine (C=N–C) groups is 1. The van der Waals surface area contributed by atoms with Gasteiger partial charge in [0.1, 0.15) is 5.65 Å². The van der Waals surface area contributed by atoms with Crippen molar-refractivity contribution in [3.8, 4) is 0 Å². The quantitative estimate of drug-likeness (QED) is 0.649. The van der Waals surface area contributed by atoms with Gasteiger partial charge in [-0.1, -0.05) is 6.07 Å². The van der Waals surface area contributed by atoms with Gasteiger partial charge in [0.15, 0.2) is 15.8 Å². The molecular formula is C18H27N5O2S. The van der Waals surface area contributed by atoms with Crippen molar-refractivity contribution in [2.45, 2.75) is 39.0 Å². The lowest BCUT2D eigenvalue weighted by molar-refractivity contribution is 0.353. The van der Waals surface area contributed by atoms with Crippen molar-refractivity contribution in [1.29, 1.82) is 0 Å². The van der Waals surface area contributed by atoms with Crippen LogP contribution < -0.4 is 5.32 Å². The minimum Gasteiger partial charge on any atom is -0.357 e. The molecule has 2 aromatic heterocycles. The van der Waals surface area contributed by atoms with E-state index in [1.807, 2.05) is 47.5 Å². The number of sulfone groups is 1. The lowest BCUT2D eigenvalue weighted by Crippen LogP contribution is -2.57. The van der Waals surface area contributed by atoms with Gasteiger partial charge in [-0.15, -0.1) is 0 Å². The van der Waals surface area contributed by atoms with Crippen LogP contribution in [0, 0.1) is 6.92 Å². The topological polar surface area (TPSA) is 79.1 Å². The lowest BCUT2D eigenvalue weighted by Gasteiger charge is -2.39. The van der Waals surface area contributed by atoms with Crippen LogP contribution in [0.1, 0.15) is 32.2 Å². The molecule has 1 saturated heterocycles. The smallest absolute Gasteiger partial charge is 0.194 e. The van der Waals surface area contributed by atoms with Crippen LogP contribution >= 0.6 is 0 Å². The summed E-state index contributed by atoms with van der Waals surface area (Å²) < 4.78 is 25.8. The largest absolute Gasteiger partial charge is 0.357 e. The average molecular weight is 378 g/mol. The first-order valence-corrected chi connectivity index (χ1v) is 10.6. The van der Waals surface area contributed by atoms with Crippen molar-refractivity contribution in [2.75, 3.05) is 25.4 Å². The Morgan fingerprint density at radius 3 is 2.81 bits per heavy atom. The highest BCUT2D eigenvalue weighted by Crippen LogP contribution is 2.23. The molecule has 8 heteroatoms. The fraction of sp³-hybridized carbons (Fsp3) is 0.556. The van der Waals surface area contributed by atoms with Crippen LogP contribution in [-0.2, 0) is 16.4 Å². The maximum absolute atomic E-state index is 12.2. The molecule has 1 aliphatic rings. The van der Waals surface area contributed by atoms with E-state index in [-0.39, 0.29) is 5.75 Å². The maximum atomic E-state index is 12.2. The molecular weight excluding hydrogens is 350 g/mol. The number of pyridine rings is 1. The summed E-state index contributed by atoms with van der Waals surface area (Å²) in [6.45, 7) is 9.69. The van der Waals surface area contributed by atoms with Gasteiger partial charge in [0.25, 0.3) is 0 Å². The molecule has 1 fully saturated rings. The summed E-state index contributed by atoms with van der Waals surface area (Å²) in [7, 11) is -3.07. The molecule has 3 rings (SSSR count). The fourth-order valence-corrected chi connectivity index (χ4v) is 4.55. The van der Waals surface area contributed by atoms with Gasteiger partial charge in [0.2, 0.25) is 0 Å². The fourth-order valence-electron chi connectivity index (χ4n) is 3.18. The van der Waals surface area contributed by atoms with Crippen LogP contribution in [0.5, 0.6) is 0 Å². The normalized spacial score (nSPS) is 19.7. The average Bonchev–Trinajstić information content (AvgIpc) is 2.99. The molecule has 1 aliphatic heterocycles. The first-order valence-electron chi connectivity index (χ1n) is 8.93. The third kappa shape index (κ3) is 3.56. The number of guanidine groups is 1. The Hall–Kier alpha value is -2.09. The summed E-state index contributed by atoms with van der Waals surface area (Å²) in [5.74, 6) is 0.891. The summed E-state index contributed by atoms with van der Waals surface area (Å²) in [6, 6.07) is 6.01. The Labute approximate surface area is 155 Å². The van der Waals surface area contributed by atoms with E-state index in [0.717, 1.165) is 29.5 Å². The van der Waals surface area contributed by atoms with Crippen molar-refractivity contribution < 1.29 is 8.42 Å². The van der Waals surface area contributed by atoms with E-state index in [0.29, 0.717) is 19.6 Å². The van der Waals surface area contributed by atoms with Crippen molar-refractivity contribution >= 4 is 21.4 Å². The van der Waals surface area contributed by atoms with Gasteiger partial charge < -0.3 is 14.6 Å². The van der Waals surface area contributed by atoms with Gasteiger partial charge in [0.05, 0.1) is 22.7 Å². The van der Waals surface area contributed by atoms with Crippen molar-refractivity contribution in [2.24, 2.45) is 4.99 Å². The van der Waals surface area contributed by atoms with Crippen molar-refractivity contribution in [3.05, 3.63) is 35.8 Å². The van der Waals surface area contributed by atoms with Crippen LogP contribution in [0.4, 0.5) is 0 Å². The molecule has 0 unspecified atom stereocenters. The Morgan fingerprint density at radius 2 is 2.15 bits per heavy atom. The number of imidazole rings is 1. The minimum absolute atomic E-state index is 0.151. The standard InChI is InChI=1S/C18H27N5O2S/c1-5-19-17(22-9-10-26(24,25)18(3,4)13-22)20-11-15-12-23-14(2)7-6-8-16(23)21-15/h6-8,12H,5,9-11,13H2,1-4H3,(H,19,20). The van der Waals surface area contributed by atoms with E-state index in [4.69, 9.17) is 4.99 Å². The number of fused-ring (bicyclic) bond motifs is 1. The van der Waals surface area contributed by atoms with Gasteiger partial charge in [-0.25, -0.2) is 18.4 Å². The van der Waals surface area contributed by atoms with Gasteiger partial charge in [-0.3, -0.25) is 0 Å². The molecule has 0 spiro atoms. The van der Waals surface area contributed by atoms with Gasteiger partial charge >= 0.3 is 0 Å². The zero-order valence-electron chi connectivity index (χ0n) is 15.9. The molecule has 0 bridgehead atoms. The molecule has 3 heterocycles. The summed E-state index contributed by atoms with van der Waals surface area (Å²) in [5.41, 5.74) is 2.92. The second-order valence-corrected chi connectivity index (χ2v) is 10.0. The molecule has 26 heavy (non-hydrogen) atoms. The van der Waals surface area contributed by atoms with Crippen LogP contribution in [0.15, 0.2) is 29.4 Å². The number of rotatable bonds is 3. The number of aromatic nitrogens is 2. The van der Waals surface area contributed by atoms with Gasteiger partial charge in [0, 0.05) is 31.5 Å². The van der Waals surface area contributed by atoms with E-state index < -0.39 is 14.6 Å². The van der Waals surface area contributed by atoms with E-state index in [1.54, 1.807) is 13.8 Å². The van der Waals surface area contributed by atoms with Crippen LogP contribution in [0.3, 0.4) is 0 Å². The summed E-state index contributed by atoms with van der Waals surface area (Å²) >= 11 is 0. The van der Waals surface area contributed by atoms with Crippen LogP contribution in [0.25, 0.3) is 5.65 Å². The number of hydrogen-bond donors (Lipinski definition) is 1. The third-order valence-electron chi connectivity index (χ3n) is 4.81. The van der Waals surface area contributed by atoms with E-state index in [9.17, 15) is 8.42 Å². The number of hydrogen-bond acceptors (Lipinski definition) is 4. The Bertz CT molecular complexity index is 930. The van der Waals surface area contributed by atoms with Crippen LogP contribution in [0.2, 0.25) is 0 Å². The molecule has 1 N–H and O–H groups in total. The molecule has 0 aromatic carbocycles. The molecule has 0 radical (unpaired) electrons. The number of nitrogens with zero attached hydrogens (tertiary/aromatic N) is 4. The van der Waals surface area contributed by atoms with Crippen molar-refractivity contribution in [1.82, 2.24) is 19.6 Å². The molecule has 0 saturated carbocycles. The summed E-state index contributed by atoms with van der Waals surface area (Å²) in [6.07, 6.45) is 2.00. The second-order valence-electron chi connectivity index (χ2n) is 7.30. The summed E-state index contributed by atoms with van der Waals surface area (Å²) in [4.78, 5) is 11.4. The zero-order valence-corrected chi connectivity index (χ0v) is 16.7. The van der Waals surface area contributed by atoms with E-state index in [2.05, 4.69) is 10.3 Å². The van der Waals surface area contributed by atoms with E-state index >= 15 is 0 Å². The minimum atomic E-state index is -3.07. The first-order chi connectivity index (χ1) is 12.2. The van der Waals surface area contributed by atoms with Crippen LogP contribution in [-0.4, -0.2) is 58.8 Å². The Kier molecular flexibility index (Phi) is 4.96.